The van der Waals surface area contributed by atoms with Crippen molar-refractivity contribution in [2.45, 2.75) is 25.4 Å². The summed E-state index contributed by atoms with van der Waals surface area (Å²) in [4.78, 5) is 17.0. The van der Waals surface area contributed by atoms with Crippen molar-refractivity contribution in [3.8, 4) is 22.5 Å². The Morgan fingerprint density at radius 1 is 1.03 bits per heavy atom. The number of sulfone groups is 1. The van der Waals surface area contributed by atoms with E-state index in [9.17, 15) is 13.2 Å². The van der Waals surface area contributed by atoms with Gasteiger partial charge in [-0.2, -0.15) is 0 Å². The van der Waals surface area contributed by atoms with Crippen LogP contribution in [-0.4, -0.2) is 41.4 Å². The van der Waals surface area contributed by atoms with Gasteiger partial charge in [-0.25, -0.2) is 13.4 Å². The molecule has 1 aromatic heterocycles. The van der Waals surface area contributed by atoms with E-state index in [1.165, 1.54) is 0 Å². The van der Waals surface area contributed by atoms with Crippen molar-refractivity contribution in [2.24, 2.45) is 0 Å². The van der Waals surface area contributed by atoms with Gasteiger partial charge in [0.15, 0.2) is 9.84 Å². The van der Waals surface area contributed by atoms with Crippen LogP contribution in [0.5, 0.6) is 0 Å². The highest BCUT2D eigenvalue weighted by molar-refractivity contribution is 7.91. The summed E-state index contributed by atoms with van der Waals surface area (Å²) in [5.74, 6) is 0.0519. The maximum atomic E-state index is 12.4. The Hall–Kier alpha value is -2.93. The van der Waals surface area contributed by atoms with Crippen LogP contribution >= 0.6 is 0 Å². The SMILES string of the molecule is O=C(CCn1cnc(-c2ccccc2)c1-c1ccccc1)N[C@H]1CCS(=O)(=O)C1. The highest BCUT2D eigenvalue weighted by Crippen LogP contribution is 2.31. The molecule has 1 saturated heterocycles. The van der Waals surface area contributed by atoms with Gasteiger partial charge in [-0.05, 0) is 6.42 Å². The predicted octanol–water partition coefficient (Wildman–Crippen LogP) is 2.91. The van der Waals surface area contributed by atoms with Gasteiger partial charge in [0.25, 0.3) is 0 Å². The van der Waals surface area contributed by atoms with Crippen molar-refractivity contribution >= 4 is 15.7 Å². The summed E-state index contributed by atoms with van der Waals surface area (Å²) < 4.78 is 25.1. The number of hydrogen-bond acceptors (Lipinski definition) is 4. The maximum absolute atomic E-state index is 12.4. The second-order valence-corrected chi connectivity index (χ2v) is 9.51. The van der Waals surface area contributed by atoms with E-state index in [1.54, 1.807) is 6.33 Å². The lowest BCUT2D eigenvalue weighted by atomic mass is 10.0. The van der Waals surface area contributed by atoms with Crippen LogP contribution in [0.2, 0.25) is 0 Å². The first-order chi connectivity index (χ1) is 14.0. The molecule has 1 amide bonds. The first-order valence-electron chi connectivity index (χ1n) is 9.67. The molecular weight excluding hydrogens is 386 g/mol. The number of amides is 1. The summed E-state index contributed by atoms with van der Waals surface area (Å²) in [6, 6.07) is 19.7. The zero-order chi connectivity index (χ0) is 20.3. The maximum Gasteiger partial charge on any atom is 0.222 e. The molecule has 0 saturated carbocycles. The normalized spacial score (nSPS) is 17.9. The fraction of sp³-hybridized carbons (Fsp3) is 0.273. The number of carbonyl (C=O) groups excluding carboxylic acids is 1. The summed E-state index contributed by atoms with van der Waals surface area (Å²) >= 11 is 0. The van der Waals surface area contributed by atoms with E-state index >= 15 is 0 Å². The summed E-state index contributed by atoms with van der Waals surface area (Å²) in [5.41, 5.74) is 3.89. The van der Waals surface area contributed by atoms with Crippen LogP contribution in [-0.2, 0) is 21.2 Å². The molecule has 2 aromatic carbocycles. The lowest BCUT2D eigenvalue weighted by molar-refractivity contribution is -0.121. The van der Waals surface area contributed by atoms with Gasteiger partial charge >= 0.3 is 0 Å². The second-order valence-electron chi connectivity index (χ2n) is 7.28. The van der Waals surface area contributed by atoms with Crippen molar-refractivity contribution in [1.29, 1.82) is 0 Å². The molecule has 1 fully saturated rings. The summed E-state index contributed by atoms with van der Waals surface area (Å²) in [6.45, 7) is 0.468. The zero-order valence-corrected chi connectivity index (χ0v) is 16.8. The monoisotopic (exact) mass is 409 g/mol. The molecule has 2 heterocycles. The van der Waals surface area contributed by atoms with Gasteiger partial charge in [-0.15, -0.1) is 0 Å². The Morgan fingerprint density at radius 3 is 2.31 bits per heavy atom. The van der Waals surface area contributed by atoms with Crippen LogP contribution in [0.4, 0.5) is 0 Å². The largest absolute Gasteiger partial charge is 0.352 e. The van der Waals surface area contributed by atoms with Crippen molar-refractivity contribution in [2.75, 3.05) is 11.5 Å². The number of rotatable bonds is 6. The average Bonchev–Trinajstić information content (AvgIpc) is 3.30. The van der Waals surface area contributed by atoms with Crippen molar-refractivity contribution < 1.29 is 13.2 Å². The van der Waals surface area contributed by atoms with Crippen LogP contribution in [0.1, 0.15) is 12.8 Å². The predicted molar refractivity (Wildman–Crippen MR) is 113 cm³/mol. The van der Waals surface area contributed by atoms with E-state index in [4.69, 9.17) is 0 Å². The third-order valence-corrected chi connectivity index (χ3v) is 6.88. The summed E-state index contributed by atoms with van der Waals surface area (Å²) in [7, 11) is -3.01. The quantitative estimate of drug-likeness (QED) is 0.679. The molecule has 150 valence electrons. The molecule has 1 atom stereocenters. The molecule has 1 aliphatic heterocycles. The zero-order valence-electron chi connectivity index (χ0n) is 16.0. The number of carbonyl (C=O) groups is 1. The summed E-state index contributed by atoms with van der Waals surface area (Å²) in [5, 5.41) is 2.85. The minimum atomic E-state index is -3.01. The fourth-order valence-electron chi connectivity index (χ4n) is 3.69. The lowest BCUT2D eigenvalue weighted by Gasteiger charge is -2.13. The van der Waals surface area contributed by atoms with Crippen LogP contribution < -0.4 is 5.32 Å². The van der Waals surface area contributed by atoms with Crippen molar-refractivity contribution in [3.63, 3.8) is 0 Å². The average molecular weight is 410 g/mol. The fourth-order valence-corrected chi connectivity index (χ4v) is 5.36. The Kier molecular flexibility index (Phi) is 5.49. The highest BCUT2D eigenvalue weighted by atomic mass is 32.2. The van der Waals surface area contributed by atoms with Crippen LogP contribution in [0.3, 0.4) is 0 Å². The number of nitrogens with zero attached hydrogens (tertiary/aromatic N) is 2. The molecular formula is C22H23N3O3S. The molecule has 7 heteroatoms. The third-order valence-electron chi connectivity index (χ3n) is 5.11. The lowest BCUT2D eigenvalue weighted by Crippen LogP contribution is -2.36. The number of aryl methyl sites for hydroxylation is 1. The molecule has 0 spiro atoms. The molecule has 0 radical (unpaired) electrons. The molecule has 4 rings (SSSR count). The first-order valence-corrected chi connectivity index (χ1v) is 11.5. The molecule has 0 aliphatic carbocycles. The van der Waals surface area contributed by atoms with Gasteiger partial charge in [0.05, 0.1) is 29.2 Å². The van der Waals surface area contributed by atoms with E-state index in [1.807, 2.05) is 65.2 Å². The molecule has 0 bridgehead atoms. The Labute approximate surface area is 170 Å². The van der Waals surface area contributed by atoms with Crippen LogP contribution in [0.25, 0.3) is 22.5 Å². The number of imidazole rings is 1. The van der Waals surface area contributed by atoms with E-state index in [2.05, 4.69) is 10.3 Å². The van der Waals surface area contributed by atoms with Gasteiger partial charge in [0.2, 0.25) is 5.91 Å². The standard InChI is InChI=1S/C22H23N3O3S/c26-20(24-19-12-14-29(27,28)15-19)11-13-25-16-23-21(17-7-3-1-4-8-17)22(25)18-9-5-2-6-10-18/h1-10,16,19H,11-15H2,(H,24,26)/t19-/m0/s1. The van der Waals surface area contributed by atoms with Gasteiger partial charge in [0, 0.05) is 30.1 Å². The third kappa shape index (κ3) is 4.56. The van der Waals surface area contributed by atoms with Gasteiger partial charge in [-0.3, -0.25) is 4.79 Å². The molecule has 6 nitrogen and oxygen atoms in total. The van der Waals surface area contributed by atoms with E-state index in [0.717, 1.165) is 22.5 Å². The van der Waals surface area contributed by atoms with E-state index in [-0.39, 0.29) is 29.9 Å². The van der Waals surface area contributed by atoms with Gasteiger partial charge < -0.3 is 9.88 Å². The Balaban J connectivity index is 1.53. The molecule has 29 heavy (non-hydrogen) atoms. The molecule has 1 N–H and O–H groups in total. The number of nitrogens with one attached hydrogen (secondary N) is 1. The van der Waals surface area contributed by atoms with Crippen LogP contribution in [0, 0.1) is 0 Å². The topological polar surface area (TPSA) is 81.1 Å². The number of hydrogen-bond donors (Lipinski definition) is 1. The van der Waals surface area contributed by atoms with Gasteiger partial charge in [0.1, 0.15) is 0 Å². The van der Waals surface area contributed by atoms with Crippen molar-refractivity contribution in [1.82, 2.24) is 14.9 Å². The number of benzene rings is 2. The number of aromatic nitrogens is 2. The molecule has 1 aliphatic rings. The Morgan fingerprint density at radius 2 is 1.69 bits per heavy atom. The van der Waals surface area contributed by atoms with Crippen molar-refractivity contribution in [3.05, 3.63) is 67.0 Å². The molecule has 0 unspecified atom stereocenters. The Bertz CT molecular complexity index is 1090. The minimum absolute atomic E-state index is 0.0389. The first kappa shape index (κ1) is 19.4. The second kappa shape index (κ2) is 8.21. The smallest absolute Gasteiger partial charge is 0.222 e. The van der Waals surface area contributed by atoms with Crippen LogP contribution in [0.15, 0.2) is 67.0 Å². The molecule has 3 aromatic rings. The minimum Gasteiger partial charge on any atom is -0.352 e. The van der Waals surface area contributed by atoms with E-state index < -0.39 is 9.84 Å². The van der Waals surface area contributed by atoms with Gasteiger partial charge in [-0.1, -0.05) is 60.7 Å². The highest BCUT2D eigenvalue weighted by Gasteiger charge is 2.28. The summed E-state index contributed by atoms with van der Waals surface area (Å²) in [6.07, 6.45) is 2.52. The van der Waals surface area contributed by atoms with E-state index in [0.29, 0.717) is 13.0 Å².